The molecule has 0 radical (unpaired) electrons. The Morgan fingerprint density at radius 2 is 2.00 bits per heavy atom. The number of nitrogens with one attached hydrogen (secondary N) is 1. The van der Waals surface area contributed by atoms with Gasteiger partial charge in [0.05, 0.1) is 17.5 Å². The van der Waals surface area contributed by atoms with Gasteiger partial charge in [-0.05, 0) is 11.6 Å². The van der Waals surface area contributed by atoms with Crippen molar-refractivity contribution >= 4 is 5.82 Å². The van der Waals surface area contributed by atoms with E-state index in [2.05, 4.69) is 17.1 Å². The Bertz CT molecular complexity index is 682. The van der Waals surface area contributed by atoms with Crippen molar-refractivity contribution in [2.24, 2.45) is 0 Å². The zero-order valence-electron chi connectivity index (χ0n) is 10.7. The van der Waals surface area contributed by atoms with Crippen LogP contribution >= 0.6 is 0 Å². The lowest BCUT2D eigenvalue weighted by Gasteiger charge is -2.04. The molecule has 0 atom stereocenters. The summed E-state index contributed by atoms with van der Waals surface area (Å²) in [7, 11) is 0. The minimum Gasteiger partial charge on any atom is -0.469 e. The van der Waals surface area contributed by atoms with Gasteiger partial charge < -0.3 is 10.2 Å². The van der Waals surface area contributed by atoms with E-state index in [0.717, 1.165) is 34.6 Å². The summed E-state index contributed by atoms with van der Waals surface area (Å²) in [5, 5.41) is 7.15. The highest BCUT2D eigenvalue weighted by atomic mass is 16.3. The van der Waals surface area contributed by atoms with Crippen molar-refractivity contribution in [1.29, 1.82) is 0 Å². The molecule has 0 fully saturated rings. The number of rotatable bonds is 3. The number of nitrogen functional groups attached to an aromatic ring is 1. The second-order valence-corrected chi connectivity index (χ2v) is 4.34. The number of furan rings is 1. The van der Waals surface area contributed by atoms with Gasteiger partial charge in [-0.2, -0.15) is 5.10 Å². The zero-order valence-corrected chi connectivity index (χ0v) is 10.7. The molecule has 0 unspecified atom stereocenters. The molecule has 0 aliphatic carbocycles. The van der Waals surface area contributed by atoms with Gasteiger partial charge >= 0.3 is 0 Å². The number of hydrogen-bond acceptors (Lipinski definition) is 3. The van der Waals surface area contributed by atoms with Crippen LogP contribution in [0.5, 0.6) is 0 Å². The normalized spacial score (nSPS) is 10.8. The summed E-state index contributed by atoms with van der Waals surface area (Å²) in [6.07, 6.45) is 2.52. The molecule has 2 aromatic heterocycles. The zero-order chi connectivity index (χ0) is 13.2. The molecule has 19 heavy (non-hydrogen) atoms. The summed E-state index contributed by atoms with van der Waals surface area (Å²) in [6.45, 7) is 2.06. The standard InChI is InChI=1S/C15H15N3O/c1-2-12-11(8-9-19-12)14-13(15(16)18-17-14)10-6-4-3-5-7-10/h3-9H,2H2,1H3,(H3,16,17,18). The molecule has 4 nitrogen and oxygen atoms in total. The van der Waals surface area contributed by atoms with E-state index in [1.807, 2.05) is 36.4 Å². The van der Waals surface area contributed by atoms with Gasteiger partial charge in [0.1, 0.15) is 5.76 Å². The lowest BCUT2D eigenvalue weighted by atomic mass is 10.0. The van der Waals surface area contributed by atoms with E-state index in [0.29, 0.717) is 5.82 Å². The van der Waals surface area contributed by atoms with Gasteiger partial charge in [0.2, 0.25) is 0 Å². The molecule has 0 aliphatic rings. The molecule has 0 aliphatic heterocycles. The first-order valence-corrected chi connectivity index (χ1v) is 6.27. The lowest BCUT2D eigenvalue weighted by molar-refractivity contribution is 0.517. The molecule has 96 valence electrons. The van der Waals surface area contributed by atoms with Crippen molar-refractivity contribution in [3.8, 4) is 22.4 Å². The van der Waals surface area contributed by atoms with E-state index >= 15 is 0 Å². The number of nitrogens with zero attached hydrogens (tertiary/aromatic N) is 1. The van der Waals surface area contributed by atoms with Crippen LogP contribution < -0.4 is 5.73 Å². The first-order chi connectivity index (χ1) is 9.31. The second kappa shape index (κ2) is 4.65. The Balaban J connectivity index is 2.20. The largest absolute Gasteiger partial charge is 0.469 e. The van der Waals surface area contributed by atoms with Crippen LogP contribution in [0.25, 0.3) is 22.4 Å². The molecule has 3 aromatic rings. The average Bonchev–Trinajstić information content (AvgIpc) is 3.05. The lowest BCUT2D eigenvalue weighted by Crippen LogP contribution is -1.89. The van der Waals surface area contributed by atoms with E-state index in [4.69, 9.17) is 10.2 Å². The molecule has 0 bridgehead atoms. The molecule has 3 N–H and O–H groups in total. The van der Waals surface area contributed by atoms with Crippen molar-refractivity contribution in [1.82, 2.24) is 10.2 Å². The first kappa shape index (κ1) is 11.6. The highest BCUT2D eigenvalue weighted by Crippen LogP contribution is 2.36. The number of benzene rings is 1. The molecule has 4 heteroatoms. The Morgan fingerprint density at radius 1 is 1.21 bits per heavy atom. The van der Waals surface area contributed by atoms with Gasteiger partial charge in [0.15, 0.2) is 5.82 Å². The van der Waals surface area contributed by atoms with Crippen LogP contribution in [0.4, 0.5) is 5.82 Å². The van der Waals surface area contributed by atoms with Crippen LogP contribution in [0.15, 0.2) is 47.1 Å². The minimum absolute atomic E-state index is 0.504. The summed E-state index contributed by atoms with van der Waals surface area (Å²) in [4.78, 5) is 0. The van der Waals surface area contributed by atoms with E-state index in [1.165, 1.54) is 0 Å². The fraction of sp³-hybridized carbons (Fsp3) is 0.133. The van der Waals surface area contributed by atoms with E-state index in [1.54, 1.807) is 6.26 Å². The van der Waals surface area contributed by atoms with E-state index in [-0.39, 0.29) is 0 Å². The third kappa shape index (κ3) is 1.91. The summed E-state index contributed by atoms with van der Waals surface area (Å²) in [5.74, 6) is 1.44. The highest BCUT2D eigenvalue weighted by Gasteiger charge is 2.18. The van der Waals surface area contributed by atoms with Gasteiger partial charge in [0, 0.05) is 12.0 Å². The van der Waals surface area contributed by atoms with Crippen LogP contribution in [-0.4, -0.2) is 10.2 Å². The average molecular weight is 253 g/mol. The molecular formula is C15H15N3O. The Labute approximate surface area is 111 Å². The van der Waals surface area contributed by atoms with Crippen LogP contribution in [-0.2, 0) is 6.42 Å². The van der Waals surface area contributed by atoms with E-state index < -0.39 is 0 Å². The summed E-state index contributed by atoms with van der Waals surface area (Å²) in [6, 6.07) is 11.9. The molecule has 0 saturated heterocycles. The molecule has 1 aromatic carbocycles. The SMILES string of the molecule is CCc1occc1-c1[nH]nc(N)c1-c1ccccc1. The van der Waals surface area contributed by atoms with Crippen LogP contribution in [0.3, 0.4) is 0 Å². The van der Waals surface area contributed by atoms with Crippen LogP contribution in [0, 0.1) is 0 Å². The molecule has 3 rings (SSSR count). The van der Waals surface area contributed by atoms with Crippen molar-refractivity contribution in [2.75, 3.05) is 5.73 Å². The molecular weight excluding hydrogens is 238 g/mol. The van der Waals surface area contributed by atoms with E-state index in [9.17, 15) is 0 Å². The fourth-order valence-corrected chi connectivity index (χ4v) is 2.29. The van der Waals surface area contributed by atoms with Gasteiger partial charge in [-0.1, -0.05) is 37.3 Å². The number of nitrogens with two attached hydrogens (primary N) is 1. The quantitative estimate of drug-likeness (QED) is 0.750. The maximum Gasteiger partial charge on any atom is 0.153 e. The van der Waals surface area contributed by atoms with Gasteiger partial charge in [-0.15, -0.1) is 0 Å². The highest BCUT2D eigenvalue weighted by molar-refractivity contribution is 5.88. The van der Waals surface area contributed by atoms with Crippen LogP contribution in [0.2, 0.25) is 0 Å². The smallest absolute Gasteiger partial charge is 0.153 e. The maximum atomic E-state index is 6.00. The number of hydrogen-bond donors (Lipinski definition) is 2. The van der Waals surface area contributed by atoms with Crippen molar-refractivity contribution in [3.63, 3.8) is 0 Å². The third-order valence-corrected chi connectivity index (χ3v) is 3.19. The van der Waals surface area contributed by atoms with Gasteiger partial charge in [-0.25, -0.2) is 0 Å². The minimum atomic E-state index is 0.504. The molecule has 0 spiro atoms. The molecule has 0 saturated carbocycles. The number of anilines is 1. The number of H-pyrrole nitrogens is 1. The summed E-state index contributed by atoms with van der Waals surface area (Å²) >= 11 is 0. The first-order valence-electron chi connectivity index (χ1n) is 6.27. The summed E-state index contributed by atoms with van der Waals surface area (Å²) in [5.41, 5.74) is 9.90. The van der Waals surface area contributed by atoms with Crippen molar-refractivity contribution in [3.05, 3.63) is 48.4 Å². The summed E-state index contributed by atoms with van der Waals surface area (Å²) < 4.78 is 5.48. The fourth-order valence-electron chi connectivity index (χ4n) is 2.29. The van der Waals surface area contributed by atoms with Crippen molar-refractivity contribution in [2.45, 2.75) is 13.3 Å². The van der Waals surface area contributed by atoms with Gasteiger partial charge in [-0.3, -0.25) is 5.10 Å². The Morgan fingerprint density at radius 3 is 2.74 bits per heavy atom. The third-order valence-electron chi connectivity index (χ3n) is 3.19. The number of aromatic amines is 1. The second-order valence-electron chi connectivity index (χ2n) is 4.34. The number of aryl methyl sites for hydroxylation is 1. The monoisotopic (exact) mass is 253 g/mol. The van der Waals surface area contributed by atoms with Crippen molar-refractivity contribution < 1.29 is 4.42 Å². The van der Waals surface area contributed by atoms with Crippen LogP contribution in [0.1, 0.15) is 12.7 Å². The predicted octanol–water partition coefficient (Wildman–Crippen LogP) is 3.48. The molecule has 2 heterocycles. The molecule has 0 amide bonds. The Hall–Kier alpha value is -2.49. The number of aromatic nitrogens is 2. The Kier molecular flexibility index (Phi) is 2.83. The van der Waals surface area contributed by atoms with Gasteiger partial charge in [0.25, 0.3) is 0 Å². The topological polar surface area (TPSA) is 67.8 Å². The predicted molar refractivity (Wildman–Crippen MR) is 75.5 cm³/mol. The maximum absolute atomic E-state index is 6.00.